The van der Waals surface area contributed by atoms with Gasteiger partial charge in [-0.15, -0.1) is 0 Å². The van der Waals surface area contributed by atoms with E-state index < -0.39 is 35.2 Å². The van der Waals surface area contributed by atoms with Crippen molar-refractivity contribution in [1.82, 2.24) is 4.98 Å². The molecular weight excluding hydrogens is 247 g/mol. The zero-order valence-corrected chi connectivity index (χ0v) is 8.35. The Morgan fingerprint density at radius 2 is 2.00 bits per heavy atom. The molecule has 0 amide bonds. The molecule has 0 aliphatic carbocycles. The van der Waals surface area contributed by atoms with Crippen LogP contribution in [0.2, 0.25) is 0 Å². The van der Waals surface area contributed by atoms with Gasteiger partial charge in [0, 0.05) is 0 Å². The fraction of sp³-hybridized carbons (Fsp3) is 0.333. The van der Waals surface area contributed by atoms with E-state index in [2.05, 4.69) is 9.72 Å². The minimum atomic E-state index is -4.97. The van der Waals surface area contributed by atoms with Gasteiger partial charge < -0.3 is 4.74 Å². The second-order valence-corrected chi connectivity index (χ2v) is 2.87. The van der Waals surface area contributed by atoms with E-state index in [-0.39, 0.29) is 0 Å². The van der Waals surface area contributed by atoms with Crippen LogP contribution >= 0.6 is 0 Å². The van der Waals surface area contributed by atoms with Gasteiger partial charge in [-0.05, 0) is 0 Å². The number of rotatable bonds is 2. The monoisotopic (exact) mass is 252 g/mol. The normalized spacial score (nSPS) is 11.4. The number of aromatic nitrogens is 1. The number of ether oxygens (including phenoxy) is 1. The first-order chi connectivity index (χ1) is 7.82. The van der Waals surface area contributed by atoms with Crippen molar-refractivity contribution in [3.8, 4) is 11.8 Å². The topological polar surface area (TPSA) is 45.9 Å². The van der Waals surface area contributed by atoms with Gasteiger partial charge in [-0.3, -0.25) is 0 Å². The van der Waals surface area contributed by atoms with Gasteiger partial charge in [-0.1, -0.05) is 0 Å². The highest BCUT2D eigenvalue weighted by molar-refractivity contribution is 5.49. The van der Waals surface area contributed by atoms with Crippen LogP contribution in [0.25, 0.3) is 0 Å². The highest BCUT2D eigenvalue weighted by Gasteiger charge is 2.39. The van der Waals surface area contributed by atoms with Crippen molar-refractivity contribution < 1.29 is 26.7 Å². The number of pyridine rings is 1. The molecule has 0 saturated carbocycles. The zero-order chi connectivity index (χ0) is 13.2. The van der Waals surface area contributed by atoms with Crippen LogP contribution in [0.15, 0.2) is 6.20 Å². The predicted molar refractivity (Wildman–Crippen MR) is 45.5 cm³/mol. The maximum atomic E-state index is 12.6. The van der Waals surface area contributed by atoms with Gasteiger partial charge in [0.2, 0.25) is 0 Å². The van der Waals surface area contributed by atoms with Gasteiger partial charge in [0.25, 0.3) is 6.43 Å². The van der Waals surface area contributed by atoms with Crippen molar-refractivity contribution in [3.05, 3.63) is 23.0 Å². The van der Waals surface area contributed by atoms with Crippen LogP contribution in [0.5, 0.6) is 5.75 Å². The number of alkyl halides is 5. The summed E-state index contributed by atoms with van der Waals surface area (Å²) in [6.07, 6.45) is -7.71. The molecule has 17 heavy (non-hydrogen) atoms. The van der Waals surface area contributed by atoms with Crippen LogP contribution in [0.1, 0.15) is 23.2 Å². The highest BCUT2D eigenvalue weighted by atomic mass is 19.4. The Morgan fingerprint density at radius 3 is 2.35 bits per heavy atom. The van der Waals surface area contributed by atoms with Crippen molar-refractivity contribution in [1.29, 1.82) is 5.26 Å². The summed E-state index contributed by atoms with van der Waals surface area (Å²) in [5.41, 5.74) is -3.96. The molecule has 0 fully saturated rings. The van der Waals surface area contributed by atoms with Crippen molar-refractivity contribution in [2.75, 3.05) is 7.11 Å². The number of halogens is 5. The van der Waals surface area contributed by atoms with Crippen molar-refractivity contribution in [2.45, 2.75) is 12.6 Å². The van der Waals surface area contributed by atoms with E-state index in [1.54, 1.807) is 0 Å². The van der Waals surface area contributed by atoms with E-state index in [9.17, 15) is 22.0 Å². The summed E-state index contributed by atoms with van der Waals surface area (Å²) >= 11 is 0. The summed E-state index contributed by atoms with van der Waals surface area (Å²) in [7, 11) is 0.997. The summed E-state index contributed by atoms with van der Waals surface area (Å²) in [5.74, 6) is -0.551. The van der Waals surface area contributed by atoms with Gasteiger partial charge in [0.05, 0.1) is 24.4 Å². The van der Waals surface area contributed by atoms with Crippen LogP contribution in [0, 0.1) is 11.3 Å². The maximum absolute atomic E-state index is 12.6. The molecule has 0 saturated heterocycles. The van der Waals surface area contributed by atoms with Gasteiger partial charge in [0.15, 0.2) is 5.69 Å². The molecule has 0 aliphatic heterocycles. The van der Waals surface area contributed by atoms with Crippen LogP contribution in [-0.4, -0.2) is 12.1 Å². The SMILES string of the molecule is COc1cnc(C(F)(F)F)c(C#N)c1C(F)F. The Kier molecular flexibility index (Phi) is 3.50. The molecule has 0 bridgehead atoms. The van der Waals surface area contributed by atoms with Crippen LogP contribution in [-0.2, 0) is 6.18 Å². The lowest BCUT2D eigenvalue weighted by Gasteiger charge is -2.13. The first-order valence-electron chi connectivity index (χ1n) is 4.15. The molecule has 3 nitrogen and oxygen atoms in total. The molecule has 0 aromatic carbocycles. The summed E-state index contributed by atoms with van der Waals surface area (Å²) in [4.78, 5) is 2.93. The molecule has 0 spiro atoms. The maximum Gasteiger partial charge on any atom is 0.434 e. The summed E-state index contributed by atoms with van der Waals surface area (Å²) in [6.45, 7) is 0. The Hall–Kier alpha value is -1.91. The first-order valence-corrected chi connectivity index (χ1v) is 4.15. The Morgan fingerprint density at radius 1 is 1.41 bits per heavy atom. The molecule has 0 atom stereocenters. The minimum absolute atomic E-state index is 0.519. The van der Waals surface area contributed by atoms with Gasteiger partial charge in [0.1, 0.15) is 11.8 Å². The van der Waals surface area contributed by atoms with Crippen molar-refractivity contribution >= 4 is 0 Å². The third kappa shape index (κ3) is 2.43. The third-order valence-corrected chi connectivity index (χ3v) is 1.90. The Bertz CT molecular complexity index is 464. The molecule has 1 aromatic heterocycles. The van der Waals surface area contributed by atoms with Gasteiger partial charge >= 0.3 is 6.18 Å². The second-order valence-electron chi connectivity index (χ2n) is 2.87. The third-order valence-electron chi connectivity index (χ3n) is 1.90. The summed E-state index contributed by atoms with van der Waals surface area (Å²) in [6, 6.07) is 1.08. The molecular formula is C9H5F5N2O. The lowest BCUT2D eigenvalue weighted by molar-refractivity contribution is -0.141. The lowest BCUT2D eigenvalue weighted by atomic mass is 10.1. The van der Waals surface area contributed by atoms with Crippen LogP contribution < -0.4 is 4.74 Å². The highest BCUT2D eigenvalue weighted by Crippen LogP contribution is 2.38. The number of hydrogen-bond acceptors (Lipinski definition) is 3. The van der Waals surface area contributed by atoms with E-state index in [1.165, 1.54) is 0 Å². The fourth-order valence-corrected chi connectivity index (χ4v) is 1.22. The molecule has 1 heterocycles. The smallest absolute Gasteiger partial charge is 0.434 e. The van der Waals surface area contributed by atoms with Crippen LogP contribution in [0.3, 0.4) is 0 Å². The van der Waals surface area contributed by atoms with Crippen LogP contribution in [0.4, 0.5) is 22.0 Å². The predicted octanol–water partition coefficient (Wildman–Crippen LogP) is 2.92. The molecule has 0 unspecified atom stereocenters. The van der Waals surface area contributed by atoms with E-state index in [1.807, 2.05) is 0 Å². The number of nitrogens with zero attached hydrogens (tertiary/aromatic N) is 2. The zero-order valence-electron chi connectivity index (χ0n) is 8.35. The lowest BCUT2D eigenvalue weighted by Crippen LogP contribution is -2.13. The molecule has 8 heteroatoms. The molecule has 1 rings (SSSR count). The quantitative estimate of drug-likeness (QED) is 0.760. The van der Waals surface area contributed by atoms with Gasteiger partial charge in [-0.25, -0.2) is 13.8 Å². The summed E-state index contributed by atoms with van der Waals surface area (Å²) in [5, 5.41) is 8.55. The first kappa shape index (κ1) is 13.2. The number of nitriles is 1. The second kappa shape index (κ2) is 4.53. The average molecular weight is 252 g/mol. The van der Waals surface area contributed by atoms with Crippen molar-refractivity contribution in [2.24, 2.45) is 0 Å². The van der Waals surface area contributed by atoms with Gasteiger partial charge in [-0.2, -0.15) is 18.4 Å². The van der Waals surface area contributed by atoms with Crippen molar-refractivity contribution in [3.63, 3.8) is 0 Å². The molecule has 0 N–H and O–H groups in total. The average Bonchev–Trinajstić information content (AvgIpc) is 2.25. The largest absolute Gasteiger partial charge is 0.495 e. The van der Waals surface area contributed by atoms with E-state index in [0.29, 0.717) is 6.20 Å². The minimum Gasteiger partial charge on any atom is -0.495 e. The standard InChI is InChI=1S/C9H5F5N2O/c1-17-5-3-16-7(9(12,13)14)4(2-15)6(5)8(10)11/h3,8H,1H3. The molecule has 0 radical (unpaired) electrons. The van der Waals surface area contributed by atoms with E-state index >= 15 is 0 Å². The molecule has 1 aromatic rings. The Labute approximate surface area is 92.4 Å². The Balaban J connectivity index is 3.60. The molecule has 92 valence electrons. The fourth-order valence-electron chi connectivity index (χ4n) is 1.22. The van der Waals surface area contributed by atoms with E-state index in [0.717, 1.165) is 13.2 Å². The number of methoxy groups -OCH3 is 1. The molecule has 0 aliphatic rings. The summed E-state index contributed by atoms with van der Waals surface area (Å²) < 4.78 is 66.9. The van der Waals surface area contributed by atoms with E-state index in [4.69, 9.17) is 5.26 Å². The number of hydrogen-bond donors (Lipinski definition) is 0.